The fraction of sp³-hybridized carbons (Fsp3) is 1.00. The van der Waals surface area contributed by atoms with Gasteiger partial charge in [0.1, 0.15) is 0 Å². The third kappa shape index (κ3) is 11.4. The molecular weight excluding hydrogens is 116 g/mol. The van der Waals surface area contributed by atoms with E-state index in [-0.39, 0.29) is 6.61 Å². The Kier molecular flexibility index (Phi) is 5.93. The highest BCUT2D eigenvalue weighted by Gasteiger charge is 2.07. The lowest BCUT2D eigenvalue weighted by Gasteiger charge is -1.84. The molecule has 0 saturated carbocycles. The van der Waals surface area contributed by atoms with Crippen LogP contribution < -0.4 is 5.32 Å². The number of nitrogens with one attached hydrogen (secondary N) is 1. The van der Waals surface area contributed by atoms with Gasteiger partial charge in [-0.25, -0.2) is 0 Å². The lowest BCUT2D eigenvalue weighted by Crippen LogP contribution is -2.10. The van der Waals surface area contributed by atoms with Gasteiger partial charge in [0.25, 0.3) is 0 Å². The SMILES string of the molecule is CN1CC1.CNCCO. The molecule has 0 bridgehead atoms. The molecule has 1 heterocycles. The number of nitrogens with zero attached hydrogens (tertiary/aromatic N) is 1. The monoisotopic (exact) mass is 132 g/mol. The zero-order valence-electron chi connectivity index (χ0n) is 6.22. The van der Waals surface area contributed by atoms with Crippen molar-refractivity contribution in [3.63, 3.8) is 0 Å². The van der Waals surface area contributed by atoms with Crippen LogP contribution in [-0.2, 0) is 0 Å². The number of hydrogen-bond acceptors (Lipinski definition) is 3. The molecule has 56 valence electrons. The Morgan fingerprint density at radius 2 is 2.00 bits per heavy atom. The normalized spacial score (nSPS) is 16.3. The summed E-state index contributed by atoms with van der Waals surface area (Å²) in [6.45, 7) is 3.57. The van der Waals surface area contributed by atoms with E-state index >= 15 is 0 Å². The summed E-state index contributed by atoms with van der Waals surface area (Å²) in [5, 5.41) is 10.8. The quantitative estimate of drug-likeness (QED) is 0.479. The molecule has 0 atom stereocenters. The third-order valence-corrected chi connectivity index (χ3v) is 1.03. The van der Waals surface area contributed by atoms with Crippen LogP contribution in [-0.4, -0.2) is 50.3 Å². The first kappa shape index (κ1) is 8.88. The molecular formula is C6H16N2O. The minimum absolute atomic E-state index is 0.233. The van der Waals surface area contributed by atoms with Gasteiger partial charge in [0.2, 0.25) is 0 Å². The predicted octanol–water partition coefficient (Wildman–Crippen LogP) is -0.870. The van der Waals surface area contributed by atoms with Crippen LogP contribution in [0.15, 0.2) is 0 Å². The van der Waals surface area contributed by atoms with E-state index in [4.69, 9.17) is 5.11 Å². The maximum atomic E-state index is 8.00. The van der Waals surface area contributed by atoms with E-state index in [2.05, 4.69) is 17.3 Å². The summed E-state index contributed by atoms with van der Waals surface area (Å²) in [6, 6.07) is 0. The van der Waals surface area contributed by atoms with Crippen molar-refractivity contribution in [2.45, 2.75) is 0 Å². The maximum absolute atomic E-state index is 8.00. The van der Waals surface area contributed by atoms with Crippen molar-refractivity contribution in [2.24, 2.45) is 0 Å². The second kappa shape index (κ2) is 6.01. The number of aliphatic hydroxyl groups excluding tert-OH is 1. The van der Waals surface area contributed by atoms with Gasteiger partial charge < -0.3 is 15.3 Å². The summed E-state index contributed by atoms with van der Waals surface area (Å²) in [7, 11) is 3.91. The van der Waals surface area contributed by atoms with Crippen molar-refractivity contribution >= 4 is 0 Å². The second-order valence-electron chi connectivity index (χ2n) is 2.13. The van der Waals surface area contributed by atoms with Crippen molar-refractivity contribution in [3.8, 4) is 0 Å². The zero-order chi connectivity index (χ0) is 7.11. The average Bonchev–Trinajstić information content (AvgIpc) is 2.55. The molecule has 0 spiro atoms. The van der Waals surface area contributed by atoms with Crippen LogP contribution >= 0.6 is 0 Å². The lowest BCUT2D eigenvalue weighted by molar-refractivity contribution is 0.296. The van der Waals surface area contributed by atoms with Crippen LogP contribution in [0.2, 0.25) is 0 Å². The van der Waals surface area contributed by atoms with Gasteiger partial charge in [-0.2, -0.15) is 0 Å². The molecule has 0 unspecified atom stereocenters. The van der Waals surface area contributed by atoms with Gasteiger partial charge in [0.15, 0.2) is 0 Å². The van der Waals surface area contributed by atoms with E-state index in [1.165, 1.54) is 13.1 Å². The zero-order valence-corrected chi connectivity index (χ0v) is 6.22. The summed E-state index contributed by atoms with van der Waals surface area (Å²) in [6.07, 6.45) is 0. The van der Waals surface area contributed by atoms with Gasteiger partial charge >= 0.3 is 0 Å². The largest absolute Gasteiger partial charge is 0.395 e. The Labute approximate surface area is 56.7 Å². The van der Waals surface area contributed by atoms with E-state index in [0.717, 1.165) is 0 Å². The number of aliphatic hydroxyl groups is 1. The van der Waals surface area contributed by atoms with Gasteiger partial charge in [0, 0.05) is 19.6 Å². The second-order valence-corrected chi connectivity index (χ2v) is 2.13. The standard InChI is InChI=1S/C3H9NO.C3H7N/c1-4-2-3-5;1-4-2-3-4/h4-5H,2-3H2,1H3;2-3H2,1H3. The van der Waals surface area contributed by atoms with Crippen molar-refractivity contribution in [1.82, 2.24) is 10.2 Å². The van der Waals surface area contributed by atoms with E-state index in [1.54, 1.807) is 7.05 Å². The van der Waals surface area contributed by atoms with Crippen LogP contribution in [0, 0.1) is 0 Å². The van der Waals surface area contributed by atoms with Crippen LogP contribution in [0.3, 0.4) is 0 Å². The van der Waals surface area contributed by atoms with E-state index < -0.39 is 0 Å². The molecule has 3 heteroatoms. The Balaban J connectivity index is 0.000000144. The van der Waals surface area contributed by atoms with Crippen LogP contribution in [0.25, 0.3) is 0 Å². The molecule has 0 amide bonds. The number of likely N-dealkylation sites (N-methyl/N-ethyl adjacent to an activating group) is 2. The average molecular weight is 132 g/mol. The minimum Gasteiger partial charge on any atom is -0.395 e. The van der Waals surface area contributed by atoms with Crippen molar-refractivity contribution in [1.29, 1.82) is 0 Å². The molecule has 2 N–H and O–H groups in total. The lowest BCUT2D eigenvalue weighted by atomic mass is 10.7. The van der Waals surface area contributed by atoms with E-state index in [0.29, 0.717) is 6.54 Å². The summed E-state index contributed by atoms with van der Waals surface area (Å²) in [4.78, 5) is 2.25. The van der Waals surface area contributed by atoms with Crippen molar-refractivity contribution in [3.05, 3.63) is 0 Å². The molecule has 3 nitrogen and oxygen atoms in total. The summed E-state index contributed by atoms with van der Waals surface area (Å²) < 4.78 is 0. The molecule has 0 aromatic heterocycles. The Hall–Kier alpha value is -0.120. The first-order valence-corrected chi connectivity index (χ1v) is 3.25. The van der Waals surface area contributed by atoms with Gasteiger partial charge in [-0.3, -0.25) is 0 Å². The topological polar surface area (TPSA) is 35.3 Å². The minimum atomic E-state index is 0.233. The molecule has 0 aliphatic carbocycles. The summed E-state index contributed by atoms with van der Waals surface area (Å²) >= 11 is 0. The molecule has 1 aliphatic heterocycles. The van der Waals surface area contributed by atoms with Crippen molar-refractivity contribution in [2.75, 3.05) is 40.3 Å². The first-order chi connectivity index (χ1) is 4.31. The van der Waals surface area contributed by atoms with E-state index in [1.807, 2.05) is 0 Å². The van der Waals surface area contributed by atoms with E-state index in [9.17, 15) is 0 Å². The van der Waals surface area contributed by atoms with Gasteiger partial charge in [-0.15, -0.1) is 0 Å². The first-order valence-electron chi connectivity index (χ1n) is 3.25. The molecule has 0 aromatic rings. The fourth-order valence-electron chi connectivity index (χ4n) is 0.212. The molecule has 1 rings (SSSR count). The number of rotatable bonds is 2. The highest BCUT2D eigenvalue weighted by molar-refractivity contribution is 4.64. The Morgan fingerprint density at radius 1 is 1.56 bits per heavy atom. The van der Waals surface area contributed by atoms with Crippen LogP contribution in [0.1, 0.15) is 0 Å². The molecule has 1 saturated heterocycles. The number of hydrogen-bond donors (Lipinski definition) is 2. The van der Waals surface area contributed by atoms with Crippen molar-refractivity contribution < 1.29 is 5.11 Å². The molecule has 0 aromatic carbocycles. The highest BCUT2D eigenvalue weighted by Crippen LogP contribution is 1.93. The Morgan fingerprint density at radius 3 is 2.00 bits per heavy atom. The molecule has 1 fully saturated rings. The summed E-state index contributed by atoms with van der Waals surface area (Å²) in [5.41, 5.74) is 0. The van der Waals surface area contributed by atoms with Gasteiger partial charge in [-0.05, 0) is 14.1 Å². The Bertz CT molecular complexity index is 53.0. The van der Waals surface area contributed by atoms with Gasteiger partial charge in [0.05, 0.1) is 6.61 Å². The maximum Gasteiger partial charge on any atom is 0.0555 e. The summed E-state index contributed by atoms with van der Waals surface area (Å²) in [5.74, 6) is 0. The highest BCUT2D eigenvalue weighted by atomic mass is 16.3. The smallest absolute Gasteiger partial charge is 0.0555 e. The fourth-order valence-corrected chi connectivity index (χ4v) is 0.212. The molecule has 9 heavy (non-hydrogen) atoms. The predicted molar refractivity (Wildman–Crippen MR) is 38.5 cm³/mol. The van der Waals surface area contributed by atoms with Crippen LogP contribution in [0.5, 0.6) is 0 Å². The molecule has 0 radical (unpaired) electrons. The molecule has 1 aliphatic rings. The van der Waals surface area contributed by atoms with Crippen LogP contribution in [0.4, 0.5) is 0 Å². The third-order valence-electron chi connectivity index (χ3n) is 1.03. The van der Waals surface area contributed by atoms with Gasteiger partial charge in [-0.1, -0.05) is 0 Å².